The van der Waals surface area contributed by atoms with Crippen LogP contribution in [0.25, 0.3) is 0 Å². The predicted molar refractivity (Wildman–Crippen MR) is 49.1 cm³/mol. The molecule has 14 heavy (non-hydrogen) atoms. The van der Waals surface area contributed by atoms with Gasteiger partial charge in [0.05, 0.1) is 12.1 Å². The van der Waals surface area contributed by atoms with Gasteiger partial charge >= 0.3 is 5.97 Å². The molecule has 0 spiro atoms. The van der Waals surface area contributed by atoms with E-state index in [4.69, 9.17) is 4.74 Å². The Balaban J connectivity index is 2.39. The third-order valence-electron chi connectivity index (χ3n) is 2.00. The quantitative estimate of drug-likeness (QED) is 0.610. The van der Waals surface area contributed by atoms with Crippen LogP contribution in [0.1, 0.15) is 20.7 Å². The van der Waals surface area contributed by atoms with Crippen molar-refractivity contribution in [1.29, 1.82) is 0 Å². The summed E-state index contributed by atoms with van der Waals surface area (Å²) in [5.41, 5.74) is 1.03. The first-order valence-corrected chi connectivity index (χ1v) is 4.33. The van der Waals surface area contributed by atoms with Crippen LogP contribution in [-0.4, -0.2) is 25.0 Å². The van der Waals surface area contributed by atoms with E-state index in [1.165, 1.54) is 0 Å². The Morgan fingerprint density at radius 2 is 1.71 bits per heavy atom. The Morgan fingerprint density at radius 1 is 1.07 bits per heavy atom. The molecule has 0 unspecified atom stereocenters. The van der Waals surface area contributed by atoms with Crippen molar-refractivity contribution in [2.24, 2.45) is 0 Å². The molecular weight excluding hydrogens is 182 g/mol. The molecule has 3 rings (SSSR count). The van der Waals surface area contributed by atoms with Gasteiger partial charge in [0.15, 0.2) is 0 Å². The van der Waals surface area contributed by atoms with Crippen molar-refractivity contribution in [3.63, 3.8) is 0 Å². The molecule has 4 heteroatoms. The Hall–Kier alpha value is -1.84. The normalized spacial score (nSPS) is 16.0. The Bertz CT molecular complexity index is 332. The largest absolute Gasteiger partial charge is 0.460 e. The van der Waals surface area contributed by atoms with Gasteiger partial charge in [-0.2, -0.15) is 0 Å². The summed E-state index contributed by atoms with van der Waals surface area (Å²) < 4.78 is 4.89. The second-order valence-corrected chi connectivity index (χ2v) is 2.97. The fraction of sp³-hybridized carbons (Fsp3) is 0.200. The fourth-order valence-corrected chi connectivity index (χ4v) is 1.25. The zero-order valence-electron chi connectivity index (χ0n) is 7.45. The lowest BCUT2D eigenvalue weighted by Crippen LogP contribution is -2.29. The van der Waals surface area contributed by atoms with Gasteiger partial charge in [0.1, 0.15) is 6.61 Å². The van der Waals surface area contributed by atoms with Crippen LogP contribution in [0.3, 0.4) is 0 Å². The summed E-state index contributed by atoms with van der Waals surface area (Å²) in [5, 5.41) is 2.63. The second-order valence-electron chi connectivity index (χ2n) is 2.97. The van der Waals surface area contributed by atoms with Gasteiger partial charge in [-0.15, -0.1) is 0 Å². The number of esters is 1. The molecule has 4 nitrogen and oxygen atoms in total. The van der Waals surface area contributed by atoms with E-state index in [0.717, 1.165) is 0 Å². The zero-order chi connectivity index (χ0) is 9.97. The lowest BCUT2D eigenvalue weighted by Gasteiger charge is -2.10. The third-order valence-corrected chi connectivity index (χ3v) is 2.00. The molecule has 2 aliphatic heterocycles. The van der Waals surface area contributed by atoms with Crippen LogP contribution in [0.2, 0.25) is 0 Å². The minimum absolute atomic E-state index is 0.144. The Kier molecular flexibility index (Phi) is 2.18. The smallest absolute Gasteiger partial charge is 0.338 e. The number of ether oxygens (including phenoxy) is 1. The predicted octanol–water partition coefficient (Wildman–Crippen LogP) is 0.587. The number of carbonyl (C=O) groups excluding carboxylic acids is 2. The second kappa shape index (κ2) is 3.49. The highest BCUT2D eigenvalue weighted by atomic mass is 16.5. The lowest BCUT2D eigenvalue weighted by molar-refractivity contribution is 0.0501. The number of hydrogen-bond donors (Lipinski definition) is 1. The van der Waals surface area contributed by atoms with Gasteiger partial charge in [-0.25, -0.2) is 4.79 Å². The van der Waals surface area contributed by atoms with Crippen LogP contribution in [0.15, 0.2) is 24.3 Å². The molecule has 0 aliphatic carbocycles. The van der Waals surface area contributed by atoms with Crippen LogP contribution in [-0.2, 0) is 4.74 Å². The molecule has 1 aromatic rings. The van der Waals surface area contributed by atoms with Gasteiger partial charge < -0.3 is 10.1 Å². The molecule has 2 aliphatic rings. The van der Waals surface area contributed by atoms with Crippen molar-refractivity contribution in [2.75, 3.05) is 13.2 Å². The van der Waals surface area contributed by atoms with E-state index in [2.05, 4.69) is 5.32 Å². The van der Waals surface area contributed by atoms with Crippen LogP contribution in [0.4, 0.5) is 0 Å². The maximum atomic E-state index is 11.4. The molecule has 72 valence electrons. The molecule has 1 aromatic carbocycles. The molecule has 2 heterocycles. The number of carbonyl (C=O) groups is 2. The van der Waals surface area contributed by atoms with E-state index in [1.807, 2.05) is 0 Å². The van der Waals surface area contributed by atoms with E-state index < -0.39 is 0 Å². The van der Waals surface area contributed by atoms with Crippen LogP contribution in [0.5, 0.6) is 0 Å². The molecule has 0 saturated heterocycles. The van der Waals surface area contributed by atoms with Crippen molar-refractivity contribution in [1.82, 2.24) is 5.32 Å². The number of amides is 1. The zero-order valence-corrected chi connectivity index (χ0v) is 7.45. The molecule has 0 aromatic heterocycles. The summed E-state index contributed by atoms with van der Waals surface area (Å²) in [6, 6.07) is 6.39. The molecule has 0 radical (unpaired) electrons. The van der Waals surface area contributed by atoms with Gasteiger partial charge in [-0.05, 0) is 24.3 Å². The van der Waals surface area contributed by atoms with Crippen molar-refractivity contribution >= 4 is 11.9 Å². The average molecular weight is 191 g/mol. The first kappa shape index (κ1) is 8.74. The summed E-state index contributed by atoms with van der Waals surface area (Å²) in [6.07, 6.45) is 0. The molecule has 2 bridgehead atoms. The molecule has 0 atom stereocenters. The first-order valence-electron chi connectivity index (χ1n) is 4.33. The van der Waals surface area contributed by atoms with Crippen LogP contribution in [0, 0.1) is 0 Å². The molecule has 1 amide bonds. The average Bonchev–Trinajstić information content (AvgIpc) is 2.23. The Morgan fingerprint density at radius 3 is 2.43 bits per heavy atom. The van der Waals surface area contributed by atoms with Gasteiger partial charge in [0.25, 0.3) is 5.91 Å². The number of fused-ring (bicyclic) bond motifs is 7. The summed E-state index contributed by atoms with van der Waals surface area (Å²) in [6.45, 7) is 0.562. The monoisotopic (exact) mass is 191 g/mol. The minimum atomic E-state index is -0.354. The van der Waals surface area contributed by atoms with Crippen molar-refractivity contribution in [3.8, 4) is 0 Å². The molecule has 1 N–H and O–H groups in total. The summed E-state index contributed by atoms with van der Waals surface area (Å²) in [5.74, 6) is -0.498. The van der Waals surface area contributed by atoms with Gasteiger partial charge in [-0.1, -0.05) is 0 Å². The standard InChI is InChI=1S/C10H9NO3/c12-9-7-1-3-8(4-2-7)10(13)14-6-5-11-9/h1-4H,5-6H2,(H,11,12). The molecule has 0 saturated carbocycles. The van der Waals surface area contributed by atoms with E-state index in [1.54, 1.807) is 24.3 Å². The number of hydrogen-bond acceptors (Lipinski definition) is 3. The lowest BCUT2D eigenvalue weighted by atomic mass is 10.1. The minimum Gasteiger partial charge on any atom is -0.460 e. The Labute approximate surface area is 80.9 Å². The van der Waals surface area contributed by atoms with Gasteiger partial charge in [-0.3, -0.25) is 4.79 Å². The molecule has 0 fully saturated rings. The number of nitrogens with one attached hydrogen (secondary N) is 1. The SMILES string of the molecule is O=C1NCCOC(=O)c2ccc1cc2. The van der Waals surface area contributed by atoms with E-state index >= 15 is 0 Å². The number of benzene rings is 1. The summed E-state index contributed by atoms with van der Waals surface area (Å²) in [7, 11) is 0. The van der Waals surface area contributed by atoms with E-state index in [-0.39, 0.29) is 18.5 Å². The topological polar surface area (TPSA) is 55.4 Å². The number of rotatable bonds is 0. The highest BCUT2D eigenvalue weighted by Crippen LogP contribution is 2.07. The van der Waals surface area contributed by atoms with Crippen LogP contribution < -0.4 is 5.32 Å². The summed E-state index contributed by atoms with van der Waals surface area (Å²) >= 11 is 0. The first-order chi connectivity index (χ1) is 6.77. The highest BCUT2D eigenvalue weighted by Gasteiger charge is 2.11. The van der Waals surface area contributed by atoms with Crippen molar-refractivity contribution < 1.29 is 14.3 Å². The van der Waals surface area contributed by atoms with E-state index in [0.29, 0.717) is 17.7 Å². The van der Waals surface area contributed by atoms with Gasteiger partial charge in [0.2, 0.25) is 0 Å². The van der Waals surface area contributed by atoms with Crippen LogP contribution >= 0.6 is 0 Å². The highest BCUT2D eigenvalue weighted by molar-refractivity contribution is 5.96. The van der Waals surface area contributed by atoms with Crippen molar-refractivity contribution in [3.05, 3.63) is 35.4 Å². The summed E-state index contributed by atoms with van der Waals surface area (Å²) in [4.78, 5) is 22.7. The third kappa shape index (κ3) is 1.59. The fourth-order valence-electron chi connectivity index (χ4n) is 1.25. The van der Waals surface area contributed by atoms with E-state index in [9.17, 15) is 9.59 Å². The maximum Gasteiger partial charge on any atom is 0.338 e. The maximum absolute atomic E-state index is 11.4. The van der Waals surface area contributed by atoms with Gasteiger partial charge in [0, 0.05) is 5.56 Å². The van der Waals surface area contributed by atoms with Crippen molar-refractivity contribution in [2.45, 2.75) is 0 Å². The molecular formula is C10H9NO3.